The summed E-state index contributed by atoms with van der Waals surface area (Å²) >= 11 is 0. The van der Waals surface area contributed by atoms with E-state index in [1.807, 2.05) is 4.90 Å². The van der Waals surface area contributed by atoms with E-state index in [0.29, 0.717) is 68.7 Å². The molecule has 0 spiro atoms. The number of anilines is 12. The van der Waals surface area contributed by atoms with Crippen molar-refractivity contribution in [3.63, 3.8) is 0 Å². The minimum absolute atomic E-state index is 0.0436. The number of hydrogen-bond acceptors (Lipinski definition) is 16. The van der Waals surface area contributed by atoms with Gasteiger partial charge in [0.05, 0.1) is 35.7 Å². The third-order valence-corrected chi connectivity index (χ3v) is 18.1. The van der Waals surface area contributed by atoms with Gasteiger partial charge in [0.25, 0.3) is 0 Å². The first-order valence-corrected chi connectivity index (χ1v) is 34.1. The zero-order valence-corrected chi connectivity index (χ0v) is 60.9. The van der Waals surface area contributed by atoms with Crippen LogP contribution in [0.2, 0.25) is 0 Å². The Morgan fingerprint density at radius 2 is 0.370 bits per heavy atom. The van der Waals surface area contributed by atoms with Gasteiger partial charge in [-0.05, 0) is 139 Å². The second kappa shape index (κ2) is 27.0. The van der Waals surface area contributed by atoms with E-state index in [4.69, 9.17) is 59.8 Å². The average Bonchev–Trinajstić information content (AvgIpc) is 0.719. The molecule has 16 heteroatoms. The first-order chi connectivity index (χ1) is 47.4. The van der Waals surface area contributed by atoms with Crippen LogP contribution in [0.25, 0.3) is 33.8 Å². The Bertz CT molecular complexity index is 4110. The average molecular weight is 1320 g/mol. The van der Waals surface area contributed by atoms with Crippen molar-refractivity contribution in [2.24, 2.45) is 0 Å². The predicted molar refractivity (Wildman–Crippen MR) is 407 cm³/mol. The third-order valence-electron chi connectivity index (χ3n) is 18.1. The Kier molecular flexibility index (Phi) is 18.6. The number of nitrogens with zero attached hydrogens (tertiary/aromatic N) is 16. The highest BCUT2D eigenvalue weighted by Crippen LogP contribution is 2.47. The number of hydrogen-bond donors (Lipinski definition) is 0. The van der Waals surface area contributed by atoms with Crippen molar-refractivity contribution in [1.82, 2.24) is 59.8 Å². The summed E-state index contributed by atoms with van der Waals surface area (Å²) in [6.07, 6.45) is 20.6. The monoisotopic (exact) mass is 1320 g/mol. The first kappa shape index (κ1) is 68.9. The van der Waals surface area contributed by atoms with Crippen molar-refractivity contribution >= 4 is 69.0 Å². The minimum Gasteiger partial charge on any atom is -0.300 e. The van der Waals surface area contributed by atoms with Crippen molar-refractivity contribution in [1.29, 1.82) is 0 Å². The van der Waals surface area contributed by atoms with Gasteiger partial charge in [-0.15, -0.1) is 0 Å². The third kappa shape index (κ3) is 14.9. The lowest BCUT2D eigenvalue weighted by molar-refractivity contribution is 0.590. The highest BCUT2D eigenvalue weighted by molar-refractivity contribution is 5.94. The van der Waals surface area contributed by atoms with Crippen LogP contribution in [0, 0.1) is 0 Å². The summed E-state index contributed by atoms with van der Waals surface area (Å²) < 4.78 is 0. The van der Waals surface area contributed by atoms with Gasteiger partial charge in [-0.3, -0.25) is 19.6 Å². The van der Waals surface area contributed by atoms with E-state index < -0.39 is 0 Å². The molecule has 0 N–H and O–H groups in total. The van der Waals surface area contributed by atoms with Crippen LogP contribution < -0.4 is 19.6 Å². The molecule has 0 amide bonds. The molecule has 12 aromatic rings. The van der Waals surface area contributed by atoms with Crippen LogP contribution in [0.15, 0.2) is 220 Å². The standard InChI is InChI=1S/C84H90N16/c1-79(2,3)58-19-31-64(32-20-58)97(65-33-21-59(22-34-65)80(4,5)6)76-88-43-55(44-89-76)73-70(49-85-52-94-73)100(71-50-86-53-95-74(71)56-45-90-77(91-46-56)98(66-35-23-60(24-36-66)81(7,8)9)67-37-25-61(26-38-67)82(10,11)12)72-51-87-54-96-75(72)57-47-92-78(93-48-57)99(68-39-27-62(28-40-68)83(13,14)15)69-41-29-63(30-42-69)84(16,17)18/h19-54H,1-18H3. The van der Waals surface area contributed by atoms with E-state index in [1.165, 1.54) is 52.4 Å². The van der Waals surface area contributed by atoms with E-state index in [9.17, 15) is 0 Å². The molecule has 0 aliphatic heterocycles. The summed E-state index contributed by atoms with van der Waals surface area (Å²) in [6.45, 7) is 39.9. The van der Waals surface area contributed by atoms with Gasteiger partial charge in [0.2, 0.25) is 17.8 Å². The molecule has 506 valence electrons. The molecule has 100 heavy (non-hydrogen) atoms. The molecule has 0 aliphatic rings. The molecule has 16 nitrogen and oxygen atoms in total. The zero-order valence-electron chi connectivity index (χ0n) is 60.9. The van der Waals surface area contributed by atoms with Crippen LogP contribution in [0.1, 0.15) is 158 Å². The molecular formula is C84H90N16. The minimum atomic E-state index is -0.0436. The van der Waals surface area contributed by atoms with Crippen LogP contribution in [-0.4, -0.2) is 59.8 Å². The number of aromatic nitrogens is 12. The second-order valence-corrected chi connectivity index (χ2v) is 31.7. The van der Waals surface area contributed by atoms with Gasteiger partial charge in [0.15, 0.2) is 0 Å². The normalized spacial score (nSPS) is 12.3. The fourth-order valence-corrected chi connectivity index (χ4v) is 12.0. The second-order valence-electron chi connectivity index (χ2n) is 31.7. The molecule has 0 saturated heterocycles. The van der Waals surface area contributed by atoms with Gasteiger partial charge in [0, 0.05) is 88.0 Å². The van der Waals surface area contributed by atoms with E-state index in [2.05, 4.69) is 285 Å². The number of rotatable bonds is 15. The Labute approximate surface area is 589 Å². The van der Waals surface area contributed by atoms with Crippen molar-refractivity contribution in [3.8, 4) is 33.8 Å². The van der Waals surface area contributed by atoms with Gasteiger partial charge < -0.3 is 0 Å². The zero-order chi connectivity index (χ0) is 71.1. The maximum Gasteiger partial charge on any atom is 0.234 e. The van der Waals surface area contributed by atoms with Crippen molar-refractivity contribution in [3.05, 3.63) is 254 Å². The van der Waals surface area contributed by atoms with Crippen LogP contribution in [0.4, 0.5) is 69.0 Å². The largest absolute Gasteiger partial charge is 0.300 e. The van der Waals surface area contributed by atoms with Crippen molar-refractivity contribution < 1.29 is 0 Å². The van der Waals surface area contributed by atoms with E-state index in [-0.39, 0.29) is 32.5 Å². The lowest BCUT2D eigenvalue weighted by atomic mass is 9.87. The van der Waals surface area contributed by atoms with E-state index in [0.717, 1.165) is 34.1 Å². The van der Waals surface area contributed by atoms with E-state index in [1.54, 1.807) is 55.8 Å². The first-order valence-electron chi connectivity index (χ1n) is 34.1. The fourth-order valence-electron chi connectivity index (χ4n) is 12.0. The van der Waals surface area contributed by atoms with Crippen molar-refractivity contribution in [2.45, 2.75) is 157 Å². The molecule has 6 heterocycles. The molecule has 0 bridgehead atoms. The Morgan fingerprint density at radius 1 is 0.200 bits per heavy atom. The quantitative estimate of drug-likeness (QED) is 0.0950. The van der Waals surface area contributed by atoms with Gasteiger partial charge >= 0.3 is 0 Å². The Balaban J connectivity index is 0.998. The number of benzene rings is 6. The molecular weight excluding hydrogens is 1230 g/mol. The highest BCUT2D eigenvalue weighted by Gasteiger charge is 2.30. The van der Waals surface area contributed by atoms with E-state index >= 15 is 0 Å². The van der Waals surface area contributed by atoms with Crippen LogP contribution in [0.3, 0.4) is 0 Å². The summed E-state index contributed by atoms with van der Waals surface area (Å²) in [4.78, 5) is 68.5. The van der Waals surface area contributed by atoms with Gasteiger partial charge in [-0.25, -0.2) is 59.8 Å². The molecule has 0 radical (unpaired) electrons. The summed E-state index contributed by atoms with van der Waals surface area (Å²) in [7, 11) is 0. The van der Waals surface area contributed by atoms with Crippen molar-refractivity contribution in [2.75, 3.05) is 19.6 Å². The fraction of sp³-hybridized carbons (Fsp3) is 0.286. The molecule has 0 unspecified atom stereocenters. The maximum atomic E-state index is 5.16. The summed E-state index contributed by atoms with van der Waals surface area (Å²) in [5, 5.41) is 0. The predicted octanol–water partition coefficient (Wildman–Crippen LogP) is 21.1. The SMILES string of the molecule is CC(C)(C)c1ccc(N(c2ccc(C(C)(C)C)cc2)c2ncc(-c3ncncc3N(c3cncnc3-c3cnc(N(c4ccc(C(C)(C)C)cc4)c4ccc(C(C)(C)C)cc4)nc3)c3cncnc3-c3cnc(N(c4ccc(C(C)(C)C)cc4)c4ccc(C(C)(C)C)cc4)nc3)cn2)cc1. The topological polar surface area (TPSA) is 168 Å². The molecule has 12 rings (SSSR count). The Hall–Kier alpha value is -11.0. The molecule has 0 fully saturated rings. The smallest absolute Gasteiger partial charge is 0.234 e. The molecule has 0 aliphatic carbocycles. The summed E-state index contributed by atoms with van der Waals surface area (Å²) in [5.41, 5.74) is 17.4. The molecule has 6 aromatic heterocycles. The lowest BCUT2D eigenvalue weighted by Gasteiger charge is -2.29. The summed E-state index contributed by atoms with van der Waals surface area (Å²) in [5.74, 6) is 1.41. The van der Waals surface area contributed by atoms with Gasteiger partial charge in [0.1, 0.15) is 36.1 Å². The highest BCUT2D eigenvalue weighted by atomic mass is 15.3. The summed E-state index contributed by atoms with van der Waals surface area (Å²) in [6, 6.07) is 51.7. The van der Waals surface area contributed by atoms with Gasteiger partial charge in [-0.1, -0.05) is 197 Å². The van der Waals surface area contributed by atoms with Gasteiger partial charge in [-0.2, -0.15) is 0 Å². The molecule has 0 saturated carbocycles. The van der Waals surface area contributed by atoms with Crippen LogP contribution in [-0.2, 0) is 32.5 Å². The maximum absolute atomic E-state index is 5.16. The molecule has 0 atom stereocenters. The lowest BCUT2D eigenvalue weighted by Crippen LogP contribution is -2.18. The molecule has 6 aromatic carbocycles. The van der Waals surface area contributed by atoms with Crippen LogP contribution in [0.5, 0.6) is 0 Å². The van der Waals surface area contributed by atoms with Crippen LogP contribution >= 0.6 is 0 Å². The Morgan fingerprint density at radius 3 is 0.530 bits per heavy atom.